The van der Waals surface area contributed by atoms with E-state index >= 15 is 0 Å². The fraction of sp³-hybridized carbons (Fsp3) is 0.500. The van der Waals surface area contributed by atoms with Crippen LogP contribution in [0.4, 0.5) is 0 Å². The molecule has 0 bridgehead atoms. The predicted molar refractivity (Wildman–Crippen MR) is 132 cm³/mol. The topological polar surface area (TPSA) is 63.0 Å². The van der Waals surface area contributed by atoms with Gasteiger partial charge in [-0.3, -0.25) is 9.69 Å². The van der Waals surface area contributed by atoms with Crippen LogP contribution in [0.25, 0.3) is 6.08 Å². The van der Waals surface area contributed by atoms with Crippen LogP contribution in [0.15, 0.2) is 45.6 Å². The average molecular weight is 463 g/mol. The highest BCUT2D eigenvalue weighted by Crippen LogP contribution is 2.29. The Morgan fingerprint density at radius 1 is 1.21 bits per heavy atom. The Morgan fingerprint density at radius 3 is 2.76 bits per heavy atom. The molecule has 2 aliphatic carbocycles. The van der Waals surface area contributed by atoms with Crippen molar-refractivity contribution in [1.82, 2.24) is 9.80 Å². The standard InChI is InChI=1S/C28H34N2O4/c1-33-14-13-30(27(31)25-17-23-10-4-5-11-26(23)34-28(25)32)19-20-7-6-12-29(18-20)24-15-21-8-2-3-9-22(21)16-24/h2-3,5,8-9,11,17,20,24H,4,6-7,10,12-16,18-19H2,1H3. The number of ether oxygens (including phenoxy) is 1. The van der Waals surface area contributed by atoms with E-state index < -0.39 is 5.63 Å². The van der Waals surface area contributed by atoms with Gasteiger partial charge in [-0.1, -0.05) is 30.3 Å². The number of amides is 1. The molecule has 3 aliphatic rings. The zero-order valence-electron chi connectivity index (χ0n) is 20.0. The predicted octanol–water partition coefficient (Wildman–Crippen LogP) is 3.57. The van der Waals surface area contributed by atoms with Gasteiger partial charge in [-0.05, 0) is 79.8 Å². The molecule has 180 valence electrons. The van der Waals surface area contributed by atoms with E-state index in [9.17, 15) is 9.59 Å². The van der Waals surface area contributed by atoms with Crippen LogP contribution in [0.2, 0.25) is 0 Å². The summed E-state index contributed by atoms with van der Waals surface area (Å²) in [6, 6.07) is 11.1. The van der Waals surface area contributed by atoms with Crippen molar-refractivity contribution in [2.24, 2.45) is 5.92 Å². The van der Waals surface area contributed by atoms with Crippen molar-refractivity contribution >= 4 is 12.0 Å². The maximum Gasteiger partial charge on any atom is 0.349 e. The summed E-state index contributed by atoms with van der Waals surface area (Å²) in [5, 5.41) is 0. The molecular weight excluding hydrogens is 428 g/mol. The molecule has 0 spiro atoms. The Morgan fingerprint density at radius 2 is 2.00 bits per heavy atom. The molecule has 1 aromatic carbocycles. The van der Waals surface area contributed by atoms with Crippen molar-refractivity contribution < 1.29 is 13.9 Å². The minimum Gasteiger partial charge on any atom is -0.423 e. The number of likely N-dealkylation sites (tertiary alicyclic amines) is 1. The SMILES string of the molecule is COCCN(CC1CCCN(C2Cc3ccccc3C2)C1)C(=O)c1cc2c(oc1=O)C=CCC2. The summed E-state index contributed by atoms with van der Waals surface area (Å²) in [5.74, 6) is 0.719. The Balaban J connectivity index is 1.29. The molecule has 5 rings (SSSR count). The Labute approximate surface area is 201 Å². The van der Waals surface area contributed by atoms with Crippen molar-refractivity contribution in [2.45, 2.75) is 44.6 Å². The van der Waals surface area contributed by atoms with Crippen molar-refractivity contribution in [3.63, 3.8) is 0 Å². The Bertz CT molecular complexity index is 1100. The molecular formula is C28H34N2O4. The lowest BCUT2D eigenvalue weighted by atomic mass is 9.95. The molecule has 2 heterocycles. The lowest BCUT2D eigenvalue weighted by Gasteiger charge is -2.38. The van der Waals surface area contributed by atoms with Crippen LogP contribution < -0.4 is 5.63 Å². The van der Waals surface area contributed by atoms with Crippen LogP contribution in [0, 0.1) is 5.92 Å². The first-order valence-electron chi connectivity index (χ1n) is 12.5. The van der Waals surface area contributed by atoms with Crippen molar-refractivity contribution in [2.75, 3.05) is 39.9 Å². The molecule has 1 amide bonds. The van der Waals surface area contributed by atoms with E-state index in [1.807, 2.05) is 12.2 Å². The third kappa shape index (κ3) is 4.89. The van der Waals surface area contributed by atoms with E-state index in [0.29, 0.717) is 37.4 Å². The van der Waals surface area contributed by atoms with Crippen LogP contribution in [-0.2, 0) is 24.0 Å². The second-order valence-corrected chi connectivity index (χ2v) is 9.86. The number of hydrogen-bond donors (Lipinski definition) is 0. The molecule has 6 nitrogen and oxygen atoms in total. The molecule has 1 unspecified atom stereocenters. The zero-order chi connectivity index (χ0) is 23.5. The highest BCUT2D eigenvalue weighted by molar-refractivity contribution is 5.94. The van der Waals surface area contributed by atoms with Gasteiger partial charge in [0.2, 0.25) is 0 Å². The van der Waals surface area contributed by atoms with Crippen LogP contribution >= 0.6 is 0 Å². The fourth-order valence-corrected chi connectivity index (χ4v) is 5.77. The average Bonchev–Trinajstić information content (AvgIpc) is 3.30. The van der Waals surface area contributed by atoms with E-state index in [1.165, 1.54) is 11.1 Å². The van der Waals surface area contributed by atoms with Gasteiger partial charge in [0.25, 0.3) is 5.91 Å². The number of nitrogens with zero attached hydrogens (tertiary/aromatic N) is 2. The van der Waals surface area contributed by atoms with Gasteiger partial charge in [0, 0.05) is 32.8 Å². The molecule has 1 aromatic heterocycles. The van der Waals surface area contributed by atoms with E-state index in [2.05, 4.69) is 29.2 Å². The molecule has 1 aliphatic heterocycles. The number of carbonyl (C=O) groups excluding carboxylic acids is 1. The summed E-state index contributed by atoms with van der Waals surface area (Å²) < 4.78 is 10.8. The number of aryl methyl sites for hydroxylation is 1. The van der Waals surface area contributed by atoms with E-state index in [0.717, 1.165) is 57.2 Å². The third-order valence-corrected chi connectivity index (χ3v) is 7.56. The number of hydrogen-bond acceptors (Lipinski definition) is 5. The van der Waals surface area contributed by atoms with Gasteiger partial charge in [0.15, 0.2) is 0 Å². The van der Waals surface area contributed by atoms with Crippen molar-refractivity contribution in [3.05, 3.63) is 74.8 Å². The van der Waals surface area contributed by atoms with Gasteiger partial charge in [-0.2, -0.15) is 0 Å². The number of piperidine rings is 1. The summed E-state index contributed by atoms with van der Waals surface area (Å²) in [7, 11) is 1.64. The van der Waals surface area contributed by atoms with Gasteiger partial charge in [0.05, 0.1) is 6.61 Å². The van der Waals surface area contributed by atoms with Gasteiger partial charge in [0.1, 0.15) is 11.3 Å². The number of methoxy groups -OCH3 is 1. The second kappa shape index (κ2) is 10.3. The van der Waals surface area contributed by atoms with Gasteiger partial charge < -0.3 is 14.1 Å². The van der Waals surface area contributed by atoms with Gasteiger partial charge >= 0.3 is 5.63 Å². The molecule has 6 heteroatoms. The third-order valence-electron chi connectivity index (χ3n) is 7.56. The normalized spacial score (nSPS) is 20.2. The van der Waals surface area contributed by atoms with E-state index in [-0.39, 0.29) is 11.5 Å². The van der Waals surface area contributed by atoms with E-state index in [4.69, 9.17) is 9.15 Å². The molecule has 0 radical (unpaired) electrons. The Kier molecular flexibility index (Phi) is 6.97. The molecule has 2 aromatic rings. The molecule has 1 saturated heterocycles. The maximum atomic E-state index is 13.5. The maximum absolute atomic E-state index is 13.5. The number of rotatable bonds is 7. The van der Waals surface area contributed by atoms with E-state index in [1.54, 1.807) is 18.1 Å². The first kappa shape index (κ1) is 23.1. The number of fused-ring (bicyclic) bond motifs is 2. The molecule has 34 heavy (non-hydrogen) atoms. The number of allylic oxidation sites excluding steroid dienone is 1. The lowest BCUT2D eigenvalue weighted by Crippen LogP contribution is -2.48. The van der Waals surface area contributed by atoms with Crippen LogP contribution in [-0.4, -0.2) is 61.6 Å². The first-order valence-corrected chi connectivity index (χ1v) is 12.5. The van der Waals surface area contributed by atoms with Gasteiger partial charge in [-0.25, -0.2) is 4.79 Å². The van der Waals surface area contributed by atoms with Gasteiger partial charge in [-0.15, -0.1) is 0 Å². The Hall–Kier alpha value is -2.70. The summed E-state index contributed by atoms with van der Waals surface area (Å²) in [6.07, 6.45) is 9.96. The summed E-state index contributed by atoms with van der Waals surface area (Å²) in [6.45, 7) is 3.65. The largest absolute Gasteiger partial charge is 0.423 e. The summed E-state index contributed by atoms with van der Waals surface area (Å²) in [5.41, 5.74) is 3.47. The summed E-state index contributed by atoms with van der Waals surface area (Å²) in [4.78, 5) is 30.6. The minimum absolute atomic E-state index is 0.143. The van der Waals surface area contributed by atoms with Crippen LogP contribution in [0.1, 0.15) is 52.1 Å². The van der Waals surface area contributed by atoms with Crippen molar-refractivity contribution in [1.29, 1.82) is 0 Å². The fourth-order valence-electron chi connectivity index (χ4n) is 5.77. The smallest absolute Gasteiger partial charge is 0.349 e. The van der Waals surface area contributed by atoms with Crippen LogP contribution in [0.5, 0.6) is 0 Å². The number of benzene rings is 1. The molecule has 0 N–H and O–H groups in total. The first-order chi connectivity index (χ1) is 16.6. The second-order valence-electron chi connectivity index (χ2n) is 9.86. The molecule has 0 saturated carbocycles. The lowest BCUT2D eigenvalue weighted by molar-refractivity contribution is 0.0569. The zero-order valence-corrected chi connectivity index (χ0v) is 20.0. The monoisotopic (exact) mass is 462 g/mol. The van der Waals surface area contributed by atoms with Crippen molar-refractivity contribution in [3.8, 4) is 0 Å². The quantitative estimate of drug-likeness (QED) is 0.630. The molecule has 1 atom stereocenters. The van der Waals surface area contributed by atoms with Crippen LogP contribution in [0.3, 0.4) is 0 Å². The number of carbonyl (C=O) groups is 1. The summed E-state index contributed by atoms with van der Waals surface area (Å²) >= 11 is 0. The highest BCUT2D eigenvalue weighted by atomic mass is 16.5. The highest BCUT2D eigenvalue weighted by Gasteiger charge is 2.32. The molecule has 1 fully saturated rings. The minimum atomic E-state index is -0.549.